The fourth-order valence-corrected chi connectivity index (χ4v) is 2.71. The Bertz CT molecular complexity index is 490. The standard InChI is InChI=1S/C16H24N2O3/c1-11-5-4-8-17-15(11)16(19)18-10-12-9-13(20-2)6-7-14(12)21-3/h6-7,9,11,15,17H,4-5,8,10H2,1-3H3,(H,18,19). The molecule has 1 aromatic rings. The number of hydrogen-bond donors (Lipinski definition) is 2. The van der Waals surface area contributed by atoms with Crippen LogP contribution in [0.3, 0.4) is 0 Å². The summed E-state index contributed by atoms with van der Waals surface area (Å²) in [6.07, 6.45) is 2.22. The molecule has 1 aliphatic rings. The highest BCUT2D eigenvalue weighted by molar-refractivity contribution is 5.82. The van der Waals surface area contributed by atoms with E-state index in [9.17, 15) is 4.79 Å². The zero-order chi connectivity index (χ0) is 15.2. The van der Waals surface area contributed by atoms with Gasteiger partial charge >= 0.3 is 0 Å². The lowest BCUT2D eigenvalue weighted by Crippen LogP contribution is -2.50. The summed E-state index contributed by atoms with van der Waals surface area (Å²) in [6.45, 7) is 3.46. The average molecular weight is 292 g/mol. The topological polar surface area (TPSA) is 59.6 Å². The Hall–Kier alpha value is -1.75. The summed E-state index contributed by atoms with van der Waals surface area (Å²) >= 11 is 0. The van der Waals surface area contributed by atoms with Crippen molar-refractivity contribution in [3.05, 3.63) is 23.8 Å². The molecular formula is C16H24N2O3. The normalized spacial score (nSPS) is 21.7. The largest absolute Gasteiger partial charge is 0.497 e. The van der Waals surface area contributed by atoms with Crippen molar-refractivity contribution >= 4 is 5.91 Å². The number of piperidine rings is 1. The minimum absolute atomic E-state index is 0.0482. The van der Waals surface area contributed by atoms with Crippen LogP contribution in [0.4, 0.5) is 0 Å². The van der Waals surface area contributed by atoms with Crippen LogP contribution >= 0.6 is 0 Å². The van der Waals surface area contributed by atoms with Gasteiger partial charge in [0.25, 0.3) is 0 Å². The lowest BCUT2D eigenvalue weighted by Gasteiger charge is -2.29. The molecule has 2 unspecified atom stereocenters. The van der Waals surface area contributed by atoms with Crippen LogP contribution in [0.2, 0.25) is 0 Å². The molecule has 1 aromatic carbocycles. The van der Waals surface area contributed by atoms with Gasteiger partial charge in [-0.15, -0.1) is 0 Å². The smallest absolute Gasteiger partial charge is 0.237 e. The van der Waals surface area contributed by atoms with Crippen molar-refractivity contribution < 1.29 is 14.3 Å². The van der Waals surface area contributed by atoms with Crippen LogP contribution in [0.15, 0.2) is 18.2 Å². The highest BCUT2D eigenvalue weighted by Gasteiger charge is 2.27. The quantitative estimate of drug-likeness (QED) is 0.867. The van der Waals surface area contributed by atoms with E-state index in [1.807, 2.05) is 18.2 Å². The molecule has 0 aliphatic carbocycles. The first-order chi connectivity index (χ1) is 10.2. The van der Waals surface area contributed by atoms with Crippen molar-refractivity contribution in [3.8, 4) is 11.5 Å². The highest BCUT2D eigenvalue weighted by Crippen LogP contribution is 2.24. The molecule has 0 aromatic heterocycles. The van der Waals surface area contributed by atoms with Gasteiger partial charge in [0, 0.05) is 12.1 Å². The molecule has 2 atom stereocenters. The van der Waals surface area contributed by atoms with Crippen LogP contribution in [-0.2, 0) is 11.3 Å². The Labute approximate surface area is 126 Å². The lowest BCUT2D eigenvalue weighted by atomic mass is 9.92. The second kappa shape index (κ2) is 7.31. The fourth-order valence-electron chi connectivity index (χ4n) is 2.71. The monoisotopic (exact) mass is 292 g/mol. The van der Waals surface area contributed by atoms with Crippen LogP contribution in [0.5, 0.6) is 11.5 Å². The van der Waals surface area contributed by atoms with Gasteiger partial charge in [-0.05, 0) is 43.5 Å². The van der Waals surface area contributed by atoms with E-state index in [1.165, 1.54) is 0 Å². The minimum atomic E-state index is -0.102. The van der Waals surface area contributed by atoms with Crippen molar-refractivity contribution in [2.24, 2.45) is 5.92 Å². The van der Waals surface area contributed by atoms with Gasteiger partial charge in [0.1, 0.15) is 11.5 Å². The molecule has 1 fully saturated rings. The average Bonchev–Trinajstić information content (AvgIpc) is 2.52. The molecule has 5 heteroatoms. The first kappa shape index (κ1) is 15.6. The van der Waals surface area contributed by atoms with E-state index in [1.54, 1.807) is 14.2 Å². The summed E-state index contributed by atoms with van der Waals surface area (Å²) in [7, 11) is 3.25. The van der Waals surface area contributed by atoms with Crippen molar-refractivity contribution in [1.29, 1.82) is 0 Å². The summed E-state index contributed by atoms with van der Waals surface area (Å²) in [6, 6.07) is 5.48. The fraction of sp³-hybridized carbons (Fsp3) is 0.562. The first-order valence-electron chi connectivity index (χ1n) is 7.37. The number of carbonyl (C=O) groups is 1. The summed E-state index contributed by atoms with van der Waals surface area (Å²) in [5.74, 6) is 1.92. The molecule has 0 spiro atoms. The number of ether oxygens (including phenoxy) is 2. The van der Waals surface area contributed by atoms with Crippen molar-refractivity contribution in [3.63, 3.8) is 0 Å². The van der Waals surface area contributed by atoms with Crippen molar-refractivity contribution in [2.45, 2.75) is 32.4 Å². The lowest BCUT2D eigenvalue weighted by molar-refractivity contribution is -0.125. The summed E-state index contributed by atoms with van der Waals surface area (Å²) < 4.78 is 10.5. The molecule has 0 saturated carbocycles. The maximum absolute atomic E-state index is 12.3. The predicted molar refractivity (Wildman–Crippen MR) is 81.6 cm³/mol. The Morgan fingerprint density at radius 2 is 2.19 bits per heavy atom. The molecule has 116 valence electrons. The van der Waals surface area contributed by atoms with E-state index in [2.05, 4.69) is 17.6 Å². The molecular weight excluding hydrogens is 268 g/mol. The van der Waals surface area contributed by atoms with Crippen LogP contribution in [-0.4, -0.2) is 32.7 Å². The highest BCUT2D eigenvalue weighted by atomic mass is 16.5. The Morgan fingerprint density at radius 1 is 1.38 bits per heavy atom. The maximum Gasteiger partial charge on any atom is 0.237 e. The molecule has 2 N–H and O–H groups in total. The van der Waals surface area contributed by atoms with Crippen LogP contribution in [0.25, 0.3) is 0 Å². The zero-order valence-corrected chi connectivity index (χ0v) is 12.9. The minimum Gasteiger partial charge on any atom is -0.497 e. The summed E-state index contributed by atoms with van der Waals surface area (Å²) in [4.78, 5) is 12.3. The van der Waals surface area contributed by atoms with Gasteiger partial charge in [-0.25, -0.2) is 0 Å². The van der Waals surface area contributed by atoms with Crippen molar-refractivity contribution in [2.75, 3.05) is 20.8 Å². The number of methoxy groups -OCH3 is 2. The molecule has 0 bridgehead atoms. The second-order valence-corrected chi connectivity index (χ2v) is 5.45. The molecule has 0 radical (unpaired) electrons. The SMILES string of the molecule is COc1ccc(OC)c(CNC(=O)C2NCCCC2C)c1. The van der Waals surface area contributed by atoms with Gasteiger partial charge in [0.15, 0.2) is 0 Å². The Morgan fingerprint density at radius 3 is 2.86 bits per heavy atom. The van der Waals surface area contributed by atoms with E-state index in [0.29, 0.717) is 12.5 Å². The van der Waals surface area contributed by atoms with Gasteiger partial charge in [0.05, 0.1) is 20.3 Å². The predicted octanol–water partition coefficient (Wildman–Crippen LogP) is 1.71. The van der Waals surface area contributed by atoms with E-state index < -0.39 is 0 Å². The molecule has 21 heavy (non-hydrogen) atoms. The van der Waals surface area contributed by atoms with Gasteiger partial charge < -0.3 is 20.1 Å². The third-order valence-electron chi connectivity index (χ3n) is 3.99. The van der Waals surface area contributed by atoms with Gasteiger partial charge in [0.2, 0.25) is 5.91 Å². The molecule has 1 aliphatic heterocycles. The van der Waals surface area contributed by atoms with Gasteiger partial charge in [-0.3, -0.25) is 4.79 Å². The number of carbonyl (C=O) groups excluding carboxylic acids is 1. The number of benzene rings is 1. The van der Waals surface area contributed by atoms with Crippen LogP contribution in [0.1, 0.15) is 25.3 Å². The molecule has 1 saturated heterocycles. The van der Waals surface area contributed by atoms with E-state index in [4.69, 9.17) is 9.47 Å². The molecule has 1 heterocycles. The number of rotatable bonds is 5. The third-order valence-corrected chi connectivity index (χ3v) is 3.99. The number of hydrogen-bond acceptors (Lipinski definition) is 4. The van der Waals surface area contributed by atoms with Gasteiger partial charge in [-0.1, -0.05) is 6.92 Å². The Kier molecular flexibility index (Phi) is 5.44. The van der Waals surface area contributed by atoms with Crippen LogP contribution in [0, 0.1) is 5.92 Å². The molecule has 1 amide bonds. The van der Waals surface area contributed by atoms with E-state index in [-0.39, 0.29) is 11.9 Å². The Balaban J connectivity index is 2.00. The zero-order valence-electron chi connectivity index (χ0n) is 12.9. The molecule has 5 nitrogen and oxygen atoms in total. The van der Waals surface area contributed by atoms with Crippen LogP contribution < -0.4 is 20.1 Å². The first-order valence-corrected chi connectivity index (χ1v) is 7.37. The van der Waals surface area contributed by atoms with E-state index in [0.717, 1.165) is 36.4 Å². The summed E-state index contributed by atoms with van der Waals surface area (Å²) in [5.41, 5.74) is 0.911. The molecule has 2 rings (SSSR count). The second-order valence-electron chi connectivity index (χ2n) is 5.45. The maximum atomic E-state index is 12.3. The van der Waals surface area contributed by atoms with Crippen molar-refractivity contribution in [1.82, 2.24) is 10.6 Å². The third kappa shape index (κ3) is 3.88. The number of nitrogens with one attached hydrogen (secondary N) is 2. The van der Waals surface area contributed by atoms with E-state index >= 15 is 0 Å². The number of amides is 1. The summed E-state index contributed by atoms with van der Waals surface area (Å²) in [5, 5.41) is 6.28. The van der Waals surface area contributed by atoms with Gasteiger partial charge in [-0.2, -0.15) is 0 Å².